The smallest absolute Gasteiger partial charge is 0.186 e. The Hall–Kier alpha value is 0.280. The molecule has 0 amide bonds. The summed E-state index contributed by atoms with van der Waals surface area (Å²) in [6.07, 6.45) is -5.00. The zero-order valence-corrected chi connectivity index (χ0v) is 8.72. The molecule has 0 bridgehead atoms. The first-order chi connectivity index (χ1) is 6.11. The molecule has 5 atom stereocenters. The van der Waals surface area contributed by atoms with Crippen LogP contribution in [0.25, 0.3) is 0 Å². The zero-order chi connectivity index (χ0) is 10.0. The lowest BCUT2D eigenvalue weighted by atomic mass is 10.0. The number of hydrogen-bond acceptors (Lipinski definition) is 5. The normalized spacial score (nSPS) is 46.4. The van der Waals surface area contributed by atoms with E-state index in [1.165, 1.54) is 7.11 Å². The van der Waals surface area contributed by atoms with E-state index < -0.39 is 30.7 Å². The minimum absolute atomic E-state index is 0.373. The van der Waals surface area contributed by atoms with Crippen LogP contribution in [0.1, 0.15) is 0 Å². The molecule has 1 heterocycles. The van der Waals surface area contributed by atoms with Crippen LogP contribution in [0.3, 0.4) is 0 Å². The molecule has 0 aliphatic carbocycles. The third kappa shape index (κ3) is 2.20. The molecule has 0 aromatic carbocycles. The number of aliphatic hydroxyl groups is 3. The predicted molar refractivity (Wildman–Crippen MR) is 47.5 cm³/mol. The number of alkyl halides is 1. The van der Waals surface area contributed by atoms with Crippen LogP contribution in [0, 0.1) is 0 Å². The van der Waals surface area contributed by atoms with Crippen molar-refractivity contribution in [2.45, 2.75) is 30.7 Å². The molecule has 5 nitrogen and oxygen atoms in total. The van der Waals surface area contributed by atoms with Gasteiger partial charge in [-0.2, -0.15) is 0 Å². The van der Waals surface area contributed by atoms with Crippen LogP contribution in [0.4, 0.5) is 0 Å². The van der Waals surface area contributed by atoms with Crippen LogP contribution in [0.15, 0.2) is 0 Å². The van der Waals surface area contributed by atoms with Crippen LogP contribution in [-0.4, -0.2) is 58.5 Å². The van der Waals surface area contributed by atoms with Gasteiger partial charge in [-0.05, 0) is 0 Å². The molecular formula is C7H13BrO5. The Balaban J connectivity index is 2.66. The second-order valence-electron chi connectivity index (χ2n) is 2.90. The Morgan fingerprint density at radius 1 is 1.23 bits per heavy atom. The number of aliphatic hydroxyl groups excluding tert-OH is 3. The van der Waals surface area contributed by atoms with Crippen molar-refractivity contribution < 1.29 is 24.8 Å². The molecule has 1 fully saturated rings. The lowest BCUT2D eigenvalue weighted by Crippen LogP contribution is -2.58. The third-order valence-electron chi connectivity index (χ3n) is 2.05. The van der Waals surface area contributed by atoms with Gasteiger partial charge in [-0.1, -0.05) is 15.9 Å². The average molecular weight is 257 g/mol. The SMILES string of the molecule is COC1OC(CBr)[C@@H](O)C(O)[C@@H]1O. The fraction of sp³-hybridized carbons (Fsp3) is 1.00. The molecule has 78 valence electrons. The van der Waals surface area contributed by atoms with Gasteiger partial charge in [0.25, 0.3) is 0 Å². The van der Waals surface area contributed by atoms with E-state index in [-0.39, 0.29) is 0 Å². The minimum atomic E-state index is -1.23. The number of methoxy groups -OCH3 is 1. The van der Waals surface area contributed by atoms with Crippen LogP contribution in [0.5, 0.6) is 0 Å². The molecule has 0 spiro atoms. The van der Waals surface area contributed by atoms with E-state index >= 15 is 0 Å². The second-order valence-corrected chi connectivity index (χ2v) is 3.55. The summed E-state index contributed by atoms with van der Waals surface area (Å²) in [5, 5.41) is 28.5. The number of hydrogen-bond donors (Lipinski definition) is 3. The lowest BCUT2D eigenvalue weighted by molar-refractivity contribution is -0.284. The van der Waals surface area contributed by atoms with Gasteiger partial charge in [0.1, 0.15) is 18.3 Å². The maximum absolute atomic E-state index is 9.40. The molecule has 13 heavy (non-hydrogen) atoms. The molecule has 0 aromatic heterocycles. The summed E-state index contributed by atoms with van der Waals surface area (Å²) in [5.74, 6) is 0. The van der Waals surface area contributed by atoms with E-state index in [1.807, 2.05) is 0 Å². The molecule has 1 saturated heterocycles. The molecule has 3 unspecified atom stereocenters. The molecule has 0 aromatic rings. The fourth-order valence-electron chi connectivity index (χ4n) is 1.24. The van der Waals surface area contributed by atoms with Crippen molar-refractivity contribution in [1.29, 1.82) is 0 Å². The first-order valence-corrected chi connectivity index (χ1v) is 5.02. The fourth-order valence-corrected chi connectivity index (χ4v) is 1.77. The third-order valence-corrected chi connectivity index (χ3v) is 2.69. The summed E-state index contributed by atoms with van der Waals surface area (Å²) in [5.41, 5.74) is 0. The molecule has 0 radical (unpaired) electrons. The van der Waals surface area contributed by atoms with E-state index in [9.17, 15) is 15.3 Å². The Morgan fingerprint density at radius 2 is 1.85 bits per heavy atom. The minimum Gasteiger partial charge on any atom is -0.388 e. The standard InChI is InChI=1S/C7H13BrO5/c1-12-7-6(11)5(10)4(9)3(2-8)13-7/h3-7,9-11H,2H2,1H3/t3?,4-,5?,6+,7?/m1/s1. The van der Waals surface area contributed by atoms with Gasteiger partial charge in [0, 0.05) is 12.4 Å². The van der Waals surface area contributed by atoms with Gasteiger partial charge in [0.2, 0.25) is 0 Å². The van der Waals surface area contributed by atoms with E-state index in [0.29, 0.717) is 5.33 Å². The topological polar surface area (TPSA) is 79.2 Å². The van der Waals surface area contributed by atoms with Crippen LogP contribution >= 0.6 is 15.9 Å². The highest BCUT2D eigenvalue weighted by atomic mass is 79.9. The summed E-state index contributed by atoms with van der Waals surface area (Å²) >= 11 is 3.12. The highest BCUT2D eigenvalue weighted by molar-refractivity contribution is 9.09. The van der Waals surface area contributed by atoms with Gasteiger partial charge >= 0.3 is 0 Å². The Kier molecular flexibility index (Phi) is 4.08. The average Bonchev–Trinajstić information content (AvgIpc) is 2.15. The van der Waals surface area contributed by atoms with Gasteiger partial charge in [-0.15, -0.1) is 0 Å². The van der Waals surface area contributed by atoms with Crippen molar-refractivity contribution in [3.63, 3.8) is 0 Å². The van der Waals surface area contributed by atoms with E-state index in [4.69, 9.17) is 9.47 Å². The van der Waals surface area contributed by atoms with Gasteiger partial charge < -0.3 is 24.8 Å². The maximum Gasteiger partial charge on any atom is 0.186 e. The summed E-state index contributed by atoms with van der Waals surface area (Å²) in [6, 6.07) is 0. The van der Waals surface area contributed by atoms with E-state index in [0.717, 1.165) is 0 Å². The van der Waals surface area contributed by atoms with Gasteiger partial charge in [-0.3, -0.25) is 0 Å². The highest BCUT2D eigenvalue weighted by Crippen LogP contribution is 2.22. The summed E-state index contributed by atoms with van der Waals surface area (Å²) in [4.78, 5) is 0. The summed E-state index contributed by atoms with van der Waals surface area (Å²) < 4.78 is 9.94. The summed E-state index contributed by atoms with van der Waals surface area (Å²) in [6.45, 7) is 0. The van der Waals surface area contributed by atoms with E-state index in [2.05, 4.69) is 15.9 Å². The van der Waals surface area contributed by atoms with Crippen molar-refractivity contribution in [1.82, 2.24) is 0 Å². The van der Waals surface area contributed by atoms with Crippen molar-refractivity contribution in [3.8, 4) is 0 Å². The van der Waals surface area contributed by atoms with Crippen LogP contribution in [-0.2, 0) is 9.47 Å². The van der Waals surface area contributed by atoms with Gasteiger partial charge in [-0.25, -0.2) is 0 Å². The van der Waals surface area contributed by atoms with Crippen molar-refractivity contribution >= 4 is 15.9 Å². The lowest BCUT2D eigenvalue weighted by Gasteiger charge is -2.39. The molecule has 1 aliphatic heterocycles. The Bertz CT molecular complexity index is 147. The first-order valence-electron chi connectivity index (χ1n) is 3.90. The second kappa shape index (κ2) is 4.68. The number of ether oxygens (including phenoxy) is 2. The van der Waals surface area contributed by atoms with E-state index in [1.54, 1.807) is 0 Å². The summed E-state index contributed by atoms with van der Waals surface area (Å²) in [7, 11) is 1.36. The van der Waals surface area contributed by atoms with Crippen molar-refractivity contribution in [2.75, 3.05) is 12.4 Å². The quantitative estimate of drug-likeness (QED) is 0.543. The number of halogens is 1. The Morgan fingerprint density at radius 3 is 2.31 bits per heavy atom. The predicted octanol–water partition coefficient (Wildman–Crippen LogP) is -1.16. The van der Waals surface area contributed by atoms with Gasteiger partial charge in [0.05, 0.1) is 6.10 Å². The first kappa shape index (κ1) is 11.4. The molecular weight excluding hydrogens is 244 g/mol. The van der Waals surface area contributed by atoms with Crippen LogP contribution < -0.4 is 0 Å². The zero-order valence-electron chi connectivity index (χ0n) is 7.13. The molecule has 1 aliphatic rings. The molecule has 6 heteroatoms. The van der Waals surface area contributed by atoms with Crippen molar-refractivity contribution in [2.24, 2.45) is 0 Å². The molecule has 1 rings (SSSR count). The monoisotopic (exact) mass is 256 g/mol. The van der Waals surface area contributed by atoms with Gasteiger partial charge in [0.15, 0.2) is 6.29 Å². The molecule has 0 saturated carbocycles. The Labute approximate surface area is 84.4 Å². The number of rotatable bonds is 2. The maximum atomic E-state index is 9.40. The van der Waals surface area contributed by atoms with Crippen molar-refractivity contribution in [3.05, 3.63) is 0 Å². The van der Waals surface area contributed by atoms with Crippen LogP contribution in [0.2, 0.25) is 0 Å². The highest BCUT2D eigenvalue weighted by Gasteiger charge is 2.43. The molecule has 3 N–H and O–H groups in total. The largest absolute Gasteiger partial charge is 0.388 e.